The molecule has 0 saturated carbocycles. The summed E-state index contributed by atoms with van der Waals surface area (Å²) in [7, 11) is 0. The second kappa shape index (κ2) is 7.27. The van der Waals surface area contributed by atoms with Gasteiger partial charge in [-0.25, -0.2) is 14.8 Å². The van der Waals surface area contributed by atoms with Gasteiger partial charge in [0.25, 0.3) is 0 Å². The predicted octanol–water partition coefficient (Wildman–Crippen LogP) is 3.22. The van der Waals surface area contributed by atoms with Gasteiger partial charge >= 0.3 is 5.97 Å². The number of hydrogen-bond acceptors (Lipinski definition) is 7. The zero-order valence-electron chi connectivity index (χ0n) is 13.7. The van der Waals surface area contributed by atoms with Gasteiger partial charge in [0.15, 0.2) is 12.4 Å². The summed E-state index contributed by atoms with van der Waals surface area (Å²) in [4.78, 5) is 21.3. The van der Waals surface area contributed by atoms with E-state index in [1.54, 1.807) is 35.8 Å². The topological polar surface area (TPSA) is 96.7 Å². The van der Waals surface area contributed by atoms with Crippen LogP contribution < -0.4 is 10.2 Å². The summed E-state index contributed by atoms with van der Waals surface area (Å²) in [5, 5.41) is 13.9. The van der Waals surface area contributed by atoms with Gasteiger partial charge in [-0.3, -0.25) is 5.43 Å². The van der Waals surface area contributed by atoms with Crippen molar-refractivity contribution >= 4 is 39.6 Å². The minimum Gasteiger partial charge on any atom is -0.481 e. The van der Waals surface area contributed by atoms with Crippen molar-refractivity contribution in [3.63, 3.8) is 0 Å². The number of thiophene rings is 1. The summed E-state index contributed by atoms with van der Waals surface area (Å²) in [5.74, 6) is 0.0504. The minimum absolute atomic E-state index is 0.405. The highest BCUT2D eigenvalue weighted by molar-refractivity contribution is 7.18. The SMILES string of the molecule is Cc1sc2ncnc(NN=Cc3ccccc3OCC(=O)O)c2c1C. The molecule has 128 valence electrons. The first-order chi connectivity index (χ1) is 12.1. The maximum absolute atomic E-state index is 10.7. The van der Waals surface area contributed by atoms with E-state index < -0.39 is 12.6 Å². The number of aliphatic carboxylic acids is 1. The average molecular weight is 356 g/mol. The van der Waals surface area contributed by atoms with Crippen molar-refractivity contribution in [1.29, 1.82) is 0 Å². The summed E-state index contributed by atoms with van der Waals surface area (Å²) in [5.41, 5.74) is 4.73. The number of carbonyl (C=O) groups is 1. The summed E-state index contributed by atoms with van der Waals surface area (Å²) in [6.45, 7) is 3.67. The van der Waals surface area contributed by atoms with Gasteiger partial charge in [0.05, 0.1) is 11.6 Å². The van der Waals surface area contributed by atoms with Crippen molar-refractivity contribution < 1.29 is 14.6 Å². The van der Waals surface area contributed by atoms with E-state index in [0.717, 1.165) is 15.8 Å². The second-order valence-electron chi connectivity index (χ2n) is 5.28. The van der Waals surface area contributed by atoms with Gasteiger partial charge in [-0.05, 0) is 31.5 Å². The number of nitrogens with one attached hydrogen (secondary N) is 1. The summed E-state index contributed by atoms with van der Waals surface area (Å²) in [6.07, 6.45) is 3.07. The summed E-state index contributed by atoms with van der Waals surface area (Å²) >= 11 is 1.62. The van der Waals surface area contributed by atoms with E-state index in [9.17, 15) is 4.79 Å². The van der Waals surface area contributed by atoms with Crippen LogP contribution in [0.15, 0.2) is 35.7 Å². The first-order valence-electron chi connectivity index (χ1n) is 7.49. The molecule has 2 heterocycles. The average Bonchev–Trinajstić information content (AvgIpc) is 2.89. The number of fused-ring (bicyclic) bond motifs is 1. The largest absolute Gasteiger partial charge is 0.481 e. The van der Waals surface area contributed by atoms with E-state index in [2.05, 4.69) is 20.5 Å². The van der Waals surface area contributed by atoms with E-state index in [-0.39, 0.29) is 0 Å². The maximum atomic E-state index is 10.7. The van der Waals surface area contributed by atoms with Gasteiger partial charge in [0, 0.05) is 10.4 Å². The number of benzene rings is 1. The number of para-hydroxylation sites is 1. The quantitative estimate of drug-likeness (QED) is 0.520. The van der Waals surface area contributed by atoms with Crippen LogP contribution >= 0.6 is 11.3 Å². The molecular formula is C17H16N4O3S. The molecule has 0 bridgehead atoms. The maximum Gasteiger partial charge on any atom is 0.341 e. The number of ether oxygens (including phenoxy) is 1. The Hall–Kier alpha value is -3.00. The van der Waals surface area contributed by atoms with Crippen molar-refractivity contribution in [2.45, 2.75) is 13.8 Å². The smallest absolute Gasteiger partial charge is 0.341 e. The van der Waals surface area contributed by atoms with Gasteiger partial charge in [-0.1, -0.05) is 12.1 Å². The Labute approximate surface area is 148 Å². The molecule has 0 aliphatic heterocycles. The van der Waals surface area contributed by atoms with Crippen LogP contribution in [0.2, 0.25) is 0 Å². The van der Waals surface area contributed by atoms with Crippen molar-refractivity contribution in [1.82, 2.24) is 9.97 Å². The zero-order valence-corrected chi connectivity index (χ0v) is 14.5. The van der Waals surface area contributed by atoms with Gasteiger partial charge in [-0.15, -0.1) is 11.3 Å². The number of hydrazone groups is 1. The van der Waals surface area contributed by atoms with Crippen LogP contribution in [0.25, 0.3) is 10.2 Å². The van der Waals surface area contributed by atoms with Crippen LogP contribution in [0.3, 0.4) is 0 Å². The molecule has 0 spiro atoms. The number of aromatic nitrogens is 2. The fraction of sp³-hybridized carbons (Fsp3) is 0.176. The number of hydrogen-bond donors (Lipinski definition) is 2. The zero-order chi connectivity index (χ0) is 17.8. The normalized spacial score (nSPS) is 11.1. The molecule has 2 N–H and O–H groups in total. The molecule has 25 heavy (non-hydrogen) atoms. The summed E-state index contributed by atoms with van der Waals surface area (Å²) in [6, 6.07) is 7.08. The van der Waals surface area contributed by atoms with Crippen LogP contribution in [0.4, 0.5) is 5.82 Å². The van der Waals surface area contributed by atoms with E-state index in [1.807, 2.05) is 19.9 Å². The number of rotatable bonds is 6. The molecule has 3 rings (SSSR count). The van der Waals surface area contributed by atoms with Crippen LogP contribution in [-0.2, 0) is 4.79 Å². The van der Waals surface area contributed by atoms with Gasteiger partial charge in [-0.2, -0.15) is 5.10 Å². The third-order valence-electron chi connectivity index (χ3n) is 3.61. The molecule has 2 aromatic heterocycles. The molecule has 7 nitrogen and oxygen atoms in total. The Kier molecular flexibility index (Phi) is 4.90. The highest BCUT2D eigenvalue weighted by atomic mass is 32.1. The number of carboxylic acids is 1. The number of nitrogens with zero attached hydrogens (tertiary/aromatic N) is 3. The number of aryl methyl sites for hydroxylation is 2. The molecule has 0 amide bonds. The van der Waals surface area contributed by atoms with Crippen LogP contribution in [0.1, 0.15) is 16.0 Å². The van der Waals surface area contributed by atoms with Gasteiger partial charge in [0.1, 0.15) is 16.9 Å². The monoisotopic (exact) mass is 356 g/mol. The summed E-state index contributed by atoms with van der Waals surface area (Å²) < 4.78 is 5.25. The second-order valence-corrected chi connectivity index (χ2v) is 6.48. The Morgan fingerprint density at radius 3 is 2.96 bits per heavy atom. The Morgan fingerprint density at radius 2 is 2.16 bits per heavy atom. The highest BCUT2D eigenvalue weighted by Crippen LogP contribution is 2.32. The number of anilines is 1. The van der Waals surface area contributed by atoms with Crippen molar-refractivity contribution in [3.8, 4) is 5.75 Å². The Bertz CT molecular complexity index is 952. The van der Waals surface area contributed by atoms with Crippen molar-refractivity contribution in [3.05, 3.63) is 46.6 Å². The first kappa shape index (κ1) is 16.8. The van der Waals surface area contributed by atoms with E-state index >= 15 is 0 Å². The van der Waals surface area contributed by atoms with Crippen molar-refractivity contribution in [2.75, 3.05) is 12.0 Å². The minimum atomic E-state index is -1.03. The van der Waals surface area contributed by atoms with Crippen LogP contribution in [0, 0.1) is 13.8 Å². The van der Waals surface area contributed by atoms with E-state index in [1.165, 1.54) is 11.2 Å². The van der Waals surface area contributed by atoms with Crippen LogP contribution in [0.5, 0.6) is 5.75 Å². The van der Waals surface area contributed by atoms with Crippen LogP contribution in [-0.4, -0.2) is 33.9 Å². The predicted molar refractivity (Wildman–Crippen MR) is 97.7 cm³/mol. The Morgan fingerprint density at radius 1 is 1.36 bits per heavy atom. The fourth-order valence-corrected chi connectivity index (χ4v) is 3.29. The van der Waals surface area contributed by atoms with E-state index in [0.29, 0.717) is 17.1 Å². The third-order valence-corrected chi connectivity index (χ3v) is 4.72. The Balaban J connectivity index is 1.82. The first-order valence-corrected chi connectivity index (χ1v) is 8.31. The fourth-order valence-electron chi connectivity index (χ4n) is 2.29. The van der Waals surface area contributed by atoms with Gasteiger partial charge < -0.3 is 9.84 Å². The lowest BCUT2D eigenvalue weighted by Crippen LogP contribution is -2.10. The molecule has 0 saturated heterocycles. The van der Waals surface area contributed by atoms with E-state index in [4.69, 9.17) is 9.84 Å². The molecule has 1 aromatic carbocycles. The lowest BCUT2D eigenvalue weighted by atomic mass is 10.2. The highest BCUT2D eigenvalue weighted by Gasteiger charge is 2.11. The lowest BCUT2D eigenvalue weighted by molar-refractivity contribution is -0.139. The standard InChI is InChI=1S/C17H16N4O3S/c1-10-11(2)25-17-15(10)16(18-9-19-17)21-20-7-12-5-3-4-6-13(12)24-8-14(22)23/h3-7,9H,8H2,1-2H3,(H,22,23)(H,18,19,21). The molecule has 3 aromatic rings. The molecule has 0 atom stereocenters. The number of carboxylic acid groups (broad SMARTS) is 1. The van der Waals surface area contributed by atoms with Crippen molar-refractivity contribution in [2.24, 2.45) is 5.10 Å². The molecule has 0 radical (unpaired) electrons. The third kappa shape index (κ3) is 3.74. The molecule has 0 fully saturated rings. The molecular weight excluding hydrogens is 340 g/mol. The lowest BCUT2D eigenvalue weighted by Gasteiger charge is -2.06. The molecule has 8 heteroatoms. The van der Waals surface area contributed by atoms with Gasteiger partial charge in [0.2, 0.25) is 0 Å². The molecule has 0 aliphatic carbocycles. The molecule has 0 aliphatic rings. The molecule has 0 unspecified atom stereocenters.